The third kappa shape index (κ3) is 1.16. The van der Waals surface area contributed by atoms with Crippen LogP contribution in [0.3, 0.4) is 0 Å². The molecule has 0 aromatic heterocycles. The lowest BCUT2D eigenvalue weighted by Gasteiger charge is -2.33. The lowest BCUT2D eigenvalue weighted by molar-refractivity contribution is -0.155. The maximum atomic E-state index is 11.9. The van der Waals surface area contributed by atoms with E-state index in [9.17, 15) is 9.59 Å². The molecule has 2 aliphatic rings. The first-order valence-electron chi connectivity index (χ1n) is 5.51. The monoisotopic (exact) mass is 218 g/mol. The van der Waals surface area contributed by atoms with E-state index in [0.717, 1.165) is 6.42 Å². The van der Waals surface area contributed by atoms with Gasteiger partial charge in [0, 0.05) is 6.42 Å². The van der Waals surface area contributed by atoms with Gasteiger partial charge in [0.05, 0.1) is 5.41 Å². The SMILES string of the molecule is CCC#CC12C=CCCC1(C)C(=O)OC2=O. The van der Waals surface area contributed by atoms with Gasteiger partial charge in [-0.25, -0.2) is 4.79 Å². The van der Waals surface area contributed by atoms with Gasteiger partial charge in [-0.1, -0.05) is 25.0 Å². The van der Waals surface area contributed by atoms with Crippen LogP contribution < -0.4 is 0 Å². The Labute approximate surface area is 94.9 Å². The molecule has 0 aromatic carbocycles. The van der Waals surface area contributed by atoms with Gasteiger partial charge in [0.2, 0.25) is 0 Å². The maximum absolute atomic E-state index is 11.9. The second-order valence-corrected chi connectivity index (χ2v) is 4.41. The van der Waals surface area contributed by atoms with E-state index in [4.69, 9.17) is 4.74 Å². The summed E-state index contributed by atoms with van der Waals surface area (Å²) in [6.07, 6.45) is 5.71. The Kier molecular flexibility index (Phi) is 2.38. The van der Waals surface area contributed by atoms with Crippen LogP contribution in [0.2, 0.25) is 0 Å². The van der Waals surface area contributed by atoms with Gasteiger partial charge < -0.3 is 4.74 Å². The molecular formula is C13H14O3. The summed E-state index contributed by atoms with van der Waals surface area (Å²) >= 11 is 0. The van der Waals surface area contributed by atoms with E-state index < -0.39 is 22.8 Å². The Morgan fingerprint density at radius 3 is 2.88 bits per heavy atom. The number of hydrogen-bond acceptors (Lipinski definition) is 3. The minimum absolute atomic E-state index is 0.438. The Bertz CT molecular complexity index is 438. The molecule has 0 saturated carbocycles. The molecule has 0 bridgehead atoms. The van der Waals surface area contributed by atoms with Crippen LogP contribution in [0.5, 0.6) is 0 Å². The van der Waals surface area contributed by atoms with E-state index >= 15 is 0 Å². The van der Waals surface area contributed by atoms with Gasteiger partial charge in [-0.3, -0.25) is 4.79 Å². The third-order valence-electron chi connectivity index (χ3n) is 3.47. The molecular weight excluding hydrogens is 204 g/mol. The number of cyclic esters (lactones) is 2. The van der Waals surface area contributed by atoms with Crippen molar-refractivity contribution >= 4 is 11.9 Å². The first kappa shape index (κ1) is 10.9. The average Bonchev–Trinajstić information content (AvgIpc) is 2.46. The molecule has 0 amide bonds. The molecule has 2 atom stereocenters. The van der Waals surface area contributed by atoms with Crippen LogP contribution in [-0.4, -0.2) is 11.9 Å². The fraction of sp³-hybridized carbons (Fsp3) is 0.538. The van der Waals surface area contributed by atoms with E-state index in [1.165, 1.54) is 0 Å². The number of carbonyl (C=O) groups is 2. The van der Waals surface area contributed by atoms with Crippen molar-refractivity contribution in [2.75, 3.05) is 0 Å². The molecule has 1 fully saturated rings. The van der Waals surface area contributed by atoms with Gasteiger partial charge in [0.15, 0.2) is 5.41 Å². The number of carbonyl (C=O) groups excluding carboxylic acids is 2. The molecule has 3 heteroatoms. The summed E-state index contributed by atoms with van der Waals surface area (Å²) in [6.45, 7) is 3.68. The molecule has 2 rings (SSSR count). The molecule has 16 heavy (non-hydrogen) atoms. The number of rotatable bonds is 0. The summed E-state index contributed by atoms with van der Waals surface area (Å²) in [5.41, 5.74) is -1.85. The van der Waals surface area contributed by atoms with Crippen molar-refractivity contribution in [2.45, 2.75) is 33.1 Å². The Balaban J connectivity index is 2.59. The standard InChI is InChI=1S/C13H14O3/c1-3-4-8-13-9-6-5-7-12(13,2)10(14)16-11(13)15/h6,9H,3,5,7H2,1-2H3. The molecule has 1 aliphatic heterocycles. The normalized spacial score (nSPS) is 36.4. The zero-order valence-corrected chi connectivity index (χ0v) is 9.50. The lowest BCUT2D eigenvalue weighted by atomic mass is 9.61. The number of esters is 2. The summed E-state index contributed by atoms with van der Waals surface area (Å²) < 4.78 is 4.78. The number of ether oxygens (including phenoxy) is 1. The highest BCUT2D eigenvalue weighted by molar-refractivity contribution is 6.05. The highest BCUT2D eigenvalue weighted by atomic mass is 16.6. The van der Waals surface area contributed by atoms with Crippen molar-refractivity contribution < 1.29 is 14.3 Å². The van der Waals surface area contributed by atoms with Crippen molar-refractivity contribution in [3.63, 3.8) is 0 Å². The largest absolute Gasteiger partial charge is 0.391 e. The van der Waals surface area contributed by atoms with Gasteiger partial charge in [-0.05, 0) is 19.8 Å². The Hall–Kier alpha value is -1.56. The third-order valence-corrected chi connectivity index (χ3v) is 3.47. The molecule has 1 aliphatic carbocycles. The van der Waals surface area contributed by atoms with E-state index in [1.807, 2.05) is 13.0 Å². The number of hydrogen-bond donors (Lipinski definition) is 0. The number of fused-ring (bicyclic) bond motifs is 1. The lowest BCUT2D eigenvalue weighted by Crippen LogP contribution is -2.42. The Morgan fingerprint density at radius 2 is 2.19 bits per heavy atom. The van der Waals surface area contributed by atoms with E-state index in [-0.39, 0.29) is 0 Å². The first-order valence-corrected chi connectivity index (χ1v) is 5.51. The first-order chi connectivity index (χ1) is 7.57. The van der Waals surface area contributed by atoms with Crippen LogP contribution in [-0.2, 0) is 14.3 Å². The van der Waals surface area contributed by atoms with E-state index in [1.54, 1.807) is 13.0 Å². The molecule has 1 heterocycles. The molecule has 0 N–H and O–H groups in total. The Morgan fingerprint density at radius 1 is 1.44 bits per heavy atom. The maximum Gasteiger partial charge on any atom is 0.337 e. The average molecular weight is 218 g/mol. The van der Waals surface area contributed by atoms with Crippen molar-refractivity contribution in [3.05, 3.63) is 12.2 Å². The van der Waals surface area contributed by atoms with Crippen molar-refractivity contribution in [2.24, 2.45) is 10.8 Å². The van der Waals surface area contributed by atoms with Gasteiger partial charge in [-0.15, -0.1) is 5.92 Å². The van der Waals surface area contributed by atoms with Crippen LogP contribution in [0, 0.1) is 22.7 Å². The second kappa shape index (κ2) is 3.48. The van der Waals surface area contributed by atoms with E-state index in [0.29, 0.717) is 12.8 Å². The quantitative estimate of drug-likeness (QED) is 0.269. The fourth-order valence-electron chi connectivity index (χ4n) is 2.31. The predicted octanol–water partition coefficient (Wildman–Crippen LogP) is 1.83. The van der Waals surface area contributed by atoms with Crippen LogP contribution in [0.1, 0.15) is 33.1 Å². The molecule has 3 nitrogen and oxygen atoms in total. The summed E-state index contributed by atoms with van der Waals surface area (Å²) in [5, 5.41) is 0. The van der Waals surface area contributed by atoms with E-state index in [2.05, 4.69) is 11.8 Å². The highest BCUT2D eigenvalue weighted by Crippen LogP contribution is 2.52. The zero-order valence-electron chi connectivity index (χ0n) is 9.50. The molecule has 0 spiro atoms. The summed E-state index contributed by atoms with van der Waals surface area (Å²) in [4.78, 5) is 23.6. The van der Waals surface area contributed by atoms with Crippen LogP contribution >= 0.6 is 0 Å². The predicted molar refractivity (Wildman–Crippen MR) is 58.1 cm³/mol. The smallest absolute Gasteiger partial charge is 0.337 e. The topological polar surface area (TPSA) is 43.4 Å². The van der Waals surface area contributed by atoms with Gasteiger partial charge >= 0.3 is 11.9 Å². The summed E-state index contributed by atoms with van der Waals surface area (Å²) in [7, 11) is 0. The number of allylic oxidation sites excluding steroid dienone is 1. The van der Waals surface area contributed by atoms with Crippen LogP contribution in [0.15, 0.2) is 12.2 Å². The van der Waals surface area contributed by atoms with Gasteiger partial charge in [0.25, 0.3) is 0 Å². The van der Waals surface area contributed by atoms with Crippen LogP contribution in [0.25, 0.3) is 0 Å². The zero-order chi connectivity index (χ0) is 11.8. The second-order valence-electron chi connectivity index (χ2n) is 4.41. The molecule has 84 valence electrons. The molecule has 0 aromatic rings. The molecule has 0 radical (unpaired) electrons. The van der Waals surface area contributed by atoms with Crippen molar-refractivity contribution in [3.8, 4) is 11.8 Å². The molecule has 1 saturated heterocycles. The minimum atomic E-state index is -1.04. The van der Waals surface area contributed by atoms with Gasteiger partial charge in [-0.2, -0.15) is 0 Å². The van der Waals surface area contributed by atoms with Crippen LogP contribution in [0.4, 0.5) is 0 Å². The fourth-order valence-corrected chi connectivity index (χ4v) is 2.31. The van der Waals surface area contributed by atoms with Crippen molar-refractivity contribution in [1.29, 1.82) is 0 Å². The highest BCUT2D eigenvalue weighted by Gasteiger charge is 2.64. The summed E-state index contributed by atoms with van der Waals surface area (Å²) in [6, 6.07) is 0. The summed E-state index contributed by atoms with van der Waals surface area (Å²) in [5.74, 6) is 4.88. The minimum Gasteiger partial charge on any atom is -0.391 e. The van der Waals surface area contributed by atoms with Gasteiger partial charge in [0.1, 0.15) is 0 Å². The van der Waals surface area contributed by atoms with Crippen molar-refractivity contribution in [1.82, 2.24) is 0 Å². The molecule has 2 unspecified atom stereocenters.